The fourth-order valence-corrected chi connectivity index (χ4v) is 2.62. The van der Waals surface area contributed by atoms with Crippen LogP contribution in [0, 0.1) is 0 Å². The van der Waals surface area contributed by atoms with Gasteiger partial charge in [-0.3, -0.25) is 4.90 Å². The number of aromatic amines is 1. The summed E-state index contributed by atoms with van der Waals surface area (Å²) < 4.78 is 0. The van der Waals surface area contributed by atoms with Crippen molar-refractivity contribution in [2.24, 2.45) is 0 Å². The molecule has 0 atom stereocenters. The van der Waals surface area contributed by atoms with E-state index < -0.39 is 0 Å². The molecular formula is C14H21N5. The van der Waals surface area contributed by atoms with E-state index in [0.717, 1.165) is 48.7 Å². The number of hydrogen-bond acceptors (Lipinski definition) is 4. The van der Waals surface area contributed by atoms with Crippen molar-refractivity contribution in [3.05, 3.63) is 24.0 Å². The minimum Gasteiger partial charge on any atom is -0.399 e. The molecule has 0 amide bonds. The molecule has 0 bridgehead atoms. The van der Waals surface area contributed by atoms with E-state index in [1.165, 1.54) is 13.0 Å². The average molecular weight is 259 g/mol. The second-order valence-corrected chi connectivity index (χ2v) is 5.39. The smallest absolute Gasteiger partial charge is 0.121 e. The Labute approximate surface area is 113 Å². The fourth-order valence-electron chi connectivity index (χ4n) is 2.62. The predicted octanol–water partition coefficient (Wildman–Crippen LogP) is 1.28. The number of nitrogens with one attached hydrogen (secondary N) is 1. The van der Waals surface area contributed by atoms with Crippen molar-refractivity contribution in [2.75, 3.05) is 39.0 Å². The molecule has 0 spiro atoms. The zero-order chi connectivity index (χ0) is 13.2. The van der Waals surface area contributed by atoms with Gasteiger partial charge in [-0.05, 0) is 44.8 Å². The first-order valence-electron chi connectivity index (χ1n) is 6.86. The Morgan fingerprint density at radius 2 is 2.16 bits per heavy atom. The third-order valence-electron chi connectivity index (χ3n) is 3.74. The summed E-state index contributed by atoms with van der Waals surface area (Å²) in [5, 5.41) is 0. The predicted molar refractivity (Wildman–Crippen MR) is 77.9 cm³/mol. The van der Waals surface area contributed by atoms with E-state index >= 15 is 0 Å². The van der Waals surface area contributed by atoms with Crippen molar-refractivity contribution in [1.29, 1.82) is 0 Å². The van der Waals surface area contributed by atoms with Crippen LogP contribution in [0.25, 0.3) is 11.0 Å². The lowest BCUT2D eigenvalue weighted by Crippen LogP contribution is -2.28. The summed E-state index contributed by atoms with van der Waals surface area (Å²) >= 11 is 0. The van der Waals surface area contributed by atoms with Crippen LogP contribution < -0.4 is 5.73 Å². The van der Waals surface area contributed by atoms with Gasteiger partial charge in [0.1, 0.15) is 5.82 Å². The van der Waals surface area contributed by atoms with Crippen molar-refractivity contribution < 1.29 is 0 Å². The van der Waals surface area contributed by atoms with Gasteiger partial charge in [0.25, 0.3) is 0 Å². The van der Waals surface area contributed by atoms with Crippen LogP contribution in [0.1, 0.15) is 12.2 Å². The molecule has 0 radical (unpaired) electrons. The van der Waals surface area contributed by atoms with Crippen molar-refractivity contribution in [2.45, 2.75) is 13.0 Å². The van der Waals surface area contributed by atoms with Crippen LogP contribution in [0.3, 0.4) is 0 Å². The van der Waals surface area contributed by atoms with Gasteiger partial charge in [0, 0.05) is 18.8 Å². The topological polar surface area (TPSA) is 61.2 Å². The highest BCUT2D eigenvalue weighted by atomic mass is 15.2. The Bertz CT molecular complexity index is 562. The summed E-state index contributed by atoms with van der Waals surface area (Å²) in [6, 6.07) is 5.82. The fraction of sp³-hybridized carbons (Fsp3) is 0.500. The molecule has 5 nitrogen and oxygen atoms in total. The zero-order valence-electron chi connectivity index (χ0n) is 11.4. The molecule has 3 N–H and O–H groups in total. The molecule has 5 heteroatoms. The Morgan fingerprint density at radius 3 is 3.05 bits per heavy atom. The number of fused-ring (bicyclic) bond motifs is 1. The standard InChI is InChI=1S/C14H21N5/c1-18-5-2-6-19(8-7-18)10-14-16-12-4-3-11(15)9-13(12)17-14/h3-4,9H,2,5-8,10,15H2,1H3,(H,16,17). The Morgan fingerprint density at radius 1 is 1.26 bits per heavy atom. The lowest BCUT2D eigenvalue weighted by Gasteiger charge is -2.18. The largest absolute Gasteiger partial charge is 0.399 e. The molecule has 3 rings (SSSR count). The highest BCUT2D eigenvalue weighted by Crippen LogP contribution is 2.16. The molecule has 1 aromatic heterocycles. The summed E-state index contributed by atoms with van der Waals surface area (Å²) in [6.45, 7) is 5.46. The molecule has 102 valence electrons. The molecular weight excluding hydrogens is 238 g/mol. The molecule has 2 heterocycles. The maximum absolute atomic E-state index is 5.79. The van der Waals surface area contributed by atoms with Gasteiger partial charge in [0.15, 0.2) is 0 Å². The summed E-state index contributed by atoms with van der Waals surface area (Å²) in [4.78, 5) is 12.9. The minimum absolute atomic E-state index is 0.777. The van der Waals surface area contributed by atoms with Crippen molar-refractivity contribution in [3.63, 3.8) is 0 Å². The van der Waals surface area contributed by atoms with E-state index in [-0.39, 0.29) is 0 Å². The van der Waals surface area contributed by atoms with Gasteiger partial charge in [-0.25, -0.2) is 4.98 Å². The Kier molecular flexibility index (Phi) is 3.40. The van der Waals surface area contributed by atoms with Crippen molar-refractivity contribution in [3.8, 4) is 0 Å². The molecule has 2 aromatic rings. The van der Waals surface area contributed by atoms with Crippen LogP contribution in [0.2, 0.25) is 0 Å². The van der Waals surface area contributed by atoms with Gasteiger partial charge in [0.2, 0.25) is 0 Å². The zero-order valence-corrected chi connectivity index (χ0v) is 11.4. The minimum atomic E-state index is 0.777. The number of benzene rings is 1. The van der Waals surface area contributed by atoms with Gasteiger partial charge in [-0.15, -0.1) is 0 Å². The van der Waals surface area contributed by atoms with Crippen LogP contribution in [0.5, 0.6) is 0 Å². The van der Waals surface area contributed by atoms with Gasteiger partial charge < -0.3 is 15.6 Å². The Balaban J connectivity index is 1.73. The highest BCUT2D eigenvalue weighted by Gasteiger charge is 2.14. The third-order valence-corrected chi connectivity index (χ3v) is 3.74. The third kappa shape index (κ3) is 2.88. The Hall–Kier alpha value is -1.59. The molecule has 1 fully saturated rings. The van der Waals surface area contributed by atoms with E-state index in [0.29, 0.717) is 0 Å². The van der Waals surface area contributed by atoms with Crippen LogP contribution >= 0.6 is 0 Å². The lowest BCUT2D eigenvalue weighted by atomic mass is 10.3. The number of nitrogens with two attached hydrogens (primary N) is 1. The number of nitrogen functional groups attached to an aromatic ring is 1. The van der Waals surface area contributed by atoms with Crippen LogP contribution in [0.4, 0.5) is 5.69 Å². The summed E-state index contributed by atoms with van der Waals surface area (Å²) in [7, 11) is 2.19. The van der Waals surface area contributed by atoms with Crippen LogP contribution in [0.15, 0.2) is 18.2 Å². The maximum atomic E-state index is 5.79. The first kappa shape index (κ1) is 12.4. The number of hydrogen-bond donors (Lipinski definition) is 2. The van der Waals surface area contributed by atoms with Crippen molar-refractivity contribution in [1.82, 2.24) is 19.8 Å². The molecule has 1 aromatic carbocycles. The molecule has 19 heavy (non-hydrogen) atoms. The van der Waals surface area contributed by atoms with Gasteiger partial charge >= 0.3 is 0 Å². The van der Waals surface area contributed by atoms with E-state index in [1.807, 2.05) is 18.2 Å². The van der Waals surface area contributed by atoms with E-state index in [1.54, 1.807) is 0 Å². The molecule has 0 aliphatic carbocycles. The number of aromatic nitrogens is 2. The number of imidazole rings is 1. The summed E-state index contributed by atoms with van der Waals surface area (Å²) in [5.74, 6) is 1.03. The molecule has 1 aliphatic heterocycles. The first-order valence-corrected chi connectivity index (χ1v) is 6.86. The van der Waals surface area contributed by atoms with Crippen molar-refractivity contribution >= 4 is 16.7 Å². The highest BCUT2D eigenvalue weighted by molar-refractivity contribution is 5.78. The monoisotopic (exact) mass is 259 g/mol. The normalized spacial score (nSPS) is 18.8. The quantitative estimate of drug-likeness (QED) is 0.798. The average Bonchev–Trinajstić information content (AvgIpc) is 2.65. The maximum Gasteiger partial charge on any atom is 0.121 e. The molecule has 0 saturated carbocycles. The summed E-state index contributed by atoms with van der Waals surface area (Å²) in [5.41, 5.74) is 8.59. The van der Waals surface area contributed by atoms with E-state index in [9.17, 15) is 0 Å². The number of likely N-dealkylation sites (N-methyl/N-ethyl adjacent to an activating group) is 1. The van der Waals surface area contributed by atoms with Crippen LogP contribution in [-0.2, 0) is 6.54 Å². The van der Waals surface area contributed by atoms with E-state index in [2.05, 4.69) is 26.8 Å². The van der Waals surface area contributed by atoms with Gasteiger partial charge in [0.05, 0.1) is 17.6 Å². The number of H-pyrrole nitrogens is 1. The molecule has 1 aliphatic rings. The lowest BCUT2D eigenvalue weighted by molar-refractivity contribution is 0.264. The summed E-state index contributed by atoms with van der Waals surface area (Å²) in [6.07, 6.45) is 1.23. The molecule has 0 unspecified atom stereocenters. The first-order chi connectivity index (χ1) is 9.20. The van der Waals surface area contributed by atoms with E-state index in [4.69, 9.17) is 5.73 Å². The second-order valence-electron chi connectivity index (χ2n) is 5.39. The van der Waals surface area contributed by atoms with Crippen LogP contribution in [-0.4, -0.2) is 53.0 Å². The number of nitrogens with zero attached hydrogens (tertiary/aromatic N) is 3. The molecule has 1 saturated heterocycles. The number of rotatable bonds is 2. The SMILES string of the molecule is CN1CCCN(Cc2nc3ccc(N)cc3[nH]2)CC1. The second kappa shape index (κ2) is 5.19. The number of anilines is 1. The van der Waals surface area contributed by atoms with Gasteiger partial charge in [-0.2, -0.15) is 0 Å². The van der Waals surface area contributed by atoms with Gasteiger partial charge in [-0.1, -0.05) is 0 Å².